The number of anilines is 6. The lowest BCUT2D eigenvalue weighted by Gasteiger charge is -2.29. The Morgan fingerprint density at radius 3 is 1.47 bits per heavy atom. The van der Waals surface area contributed by atoms with Gasteiger partial charge in [0.25, 0.3) is 0 Å². The summed E-state index contributed by atoms with van der Waals surface area (Å²) in [7, 11) is 0. The van der Waals surface area contributed by atoms with E-state index in [1.165, 1.54) is 0 Å². The van der Waals surface area contributed by atoms with E-state index in [1.54, 1.807) is 0 Å². The number of nitrogen functional groups attached to an aromatic ring is 2. The van der Waals surface area contributed by atoms with Crippen molar-refractivity contribution in [2.24, 2.45) is 0 Å². The van der Waals surface area contributed by atoms with Crippen molar-refractivity contribution in [3.05, 3.63) is 72.3 Å². The molecule has 0 amide bonds. The highest BCUT2D eigenvalue weighted by atomic mass is 15.2. The topological polar surface area (TPSA) is 153 Å². The summed E-state index contributed by atoms with van der Waals surface area (Å²) in [4.78, 5) is 26.9. The Morgan fingerprint density at radius 1 is 0.559 bits per heavy atom. The van der Waals surface area contributed by atoms with Gasteiger partial charge in [0.1, 0.15) is 11.6 Å². The van der Waals surface area contributed by atoms with Crippen molar-refractivity contribution >= 4 is 35.2 Å². The Kier molecular flexibility index (Phi) is 6.11. The zero-order chi connectivity index (χ0) is 23.3. The van der Waals surface area contributed by atoms with E-state index >= 15 is 0 Å². The van der Waals surface area contributed by atoms with Gasteiger partial charge in [-0.1, -0.05) is 49.2 Å². The van der Waals surface area contributed by atoms with Crippen LogP contribution in [0.2, 0.25) is 0 Å². The van der Waals surface area contributed by atoms with Crippen molar-refractivity contribution in [1.82, 2.24) is 29.9 Å². The van der Waals surface area contributed by atoms with Crippen molar-refractivity contribution < 1.29 is 0 Å². The van der Waals surface area contributed by atoms with E-state index in [0.29, 0.717) is 23.5 Å². The van der Waals surface area contributed by atoms with Crippen molar-refractivity contribution in [3.8, 4) is 0 Å². The number of rotatable bonds is 6. The van der Waals surface area contributed by atoms with Gasteiger partial charge in [-0.2, -0.15) is 29.9 Å². The predicted molar refractivity (Wildman–Crippen MR) is 132 cm³/mol. The molecule has 1 fully saturated rings. The Hall–Kier alpha value is -4.34. The van der Waals surface area contributed by atoms with Crippen molar-refractivity contribution in [1.29, 1.82) is 0 Å². The van der Waals surface area contributed by atoms with Crippen LogP contribution in [0.25, 0.3) is 0 Å². The summed E-state index contributed by atoms with van der Waals surface area (Å²) in [6.45, 7) is 0. The van der Waals surface area contributed by atoms with Gasteiger partial charge in [0.15, 0.2) is 0 Å². The highest BCUT2D eigenvalue weighted by Gasteiger charge is 2.33. The fourth-order valence-electron chi connectivity index (χ4n) is 4.31. The van der Waals surface area contributed by atoms with Crippen molar-refractivity contribution in [2.45, 2.75) is 37.5 Å². The number of hydrogen-bond acceptors (Lipinski definition) is 10. The van der Waals surface area contributed by atoms with Gasteiger partial charge in [-0.25, -0.2) is 0 Å². The monoisotopic (exact) mass is 454 g/mol. The second kappa shape index (κ2) is 9.65. The van der Waals surface area contributed by atoms with Crippen LogP contribution >= 0.6 is 0 Å². The minimum Gasteiger partial charge on any atom is -0.368 e. The predicted octanol–water partition coefficient (Wildman–Crippen LogP) is 4.15. The molecule has 0 saturated heterocycles. The Bertz CT molecular complexity index is 1170. The highest BCUT2D eigenvalue weighted by molar-refractivity contribution is 5.57. The van der Waals surface area contributed by atoms with Gasteiger partial charge >= 0.3 is 0 Å². The highest BCUT2D eigenvalue weighted by Crippen LogP contribution is 2.42. The number of nitrogens with two attached hydrogens (primary N) is 2. The number of para-hydroxylation sites is 2. The Labute approximate surface area is 197 Å². The smallest absolute Gasteiger partial charge is 0.232 e. The maximum absolute atomic E-state index is 5.87. The van der Waals surface area contributed by atoms with Gasteiger partial charge in [-0.05, 0) is 37.1 Å². The quantitative estimate of drug-likeness (QED) is 0.334. The minimum absolute atomic E-state index is 0.00871. The fraction of sp³-hybridized carbons (Fsp3) is 0.250. The molecule has 2 aromatic heterocycles. The molecule has 1 aliphatic rings. The number of aromatic nitrogens is 6. The molecule has 1 saturated carbocycles. The van der Waals surface area contributed by atoms with E-state index in [-0.39, 0.29) is 23.7 Å². The van der Waals surface area contributed by atoms with E-state index in [1.807, 2.05) is 60.7 Å². The van der Waals surface area contributed by atoms with E-state index in [4.69, 9.17) is 21.4 Å². The zero-order valence-corrected chi connectivity index (χ0v) is 18.6. The number of nitrogens with one attached hydrogen (secondary N) is 2. The maximum Gasteiger partial charge on any atom is 0.232 e. The van der Waals surface area contributed by atoms with E-state index in [9.17, 15) is 0 Å². The van der Waals surface area contributed by atoms with E-state index < -0.39 is 0 Å². The molecule has 34 heavy (non-hydrogen) atoms. The first-order valence-electron chi connectivity index (χ1n) is 11.3. The van der Waals surface area contributed by atoms with Gasteiger partial charge in [-0.15, -0.1) is 0 Å². The molecule has 2 aromatic carbocycles. The van der Waals surface area contributed by atoms with Crippen molar-refractivity contribution in [2.75, 3.05) is 22.1 Å². The molecule has 4 aromatic rings. The summed E-state index contributed by atoms with van der Waals surface area (Å²) in [5.41, 5.74) is 13.5. The van der Waals surface area contributed by atoms with Crippen LogP contribution in [0.1, 0.15) is 49.2 Å². The summed E-state index contributed by atoms with van der Waals surface area (Å²) in [6.07, 6.45) is 3.91. The molecule has 2 heterocycles. The molecule has 2 atom stereocenters. The molecule has 6 N–H and O–H groups in total. The van der Waals surface area contributed by atoms with Crippen LogP contribution in [-0.4, -0.2) is 29.9 Å². The summed E-state index contributed by atoms with van der Waals surface area (Å²) < 4.78 is 0. The van der Waals surface area contributed by atoms with Gasteiger partial charge in [0.2, 0.25) is 23.8 Å². The van der Waals surface area contributed by atoms with E-state index in [0.717, 1.165) is 37.1 Å². The molecule has 2 unspecified atom stereocenters. The second-order valence-corrected chi connectivity index (χ2v) is 8.23. The molecule has 0 bridgehead atoms. The molecule has 10 heteroatoms. The molecule has 0 aliphatic heterocycles. The van der Waals surface area contributed by atoms with Crippen LogP contribution in [0.5, 0.6) is 0 Å². The SMILES string of the molecule is Nc1nc(N)nc(C2CCCCC2c2nc(Nc3ccccc3)nc(Nc3ccccc3)n2)n1. The lowest BCUT2D eigenvalue weighted by Crippen LogP contribution is -2.23. The Morgan fingerprint density at radius 2 is 1.00 bits per heavy atom. The lowest BCUT2D eigenvalue weighted by molar-refractivity contribution is 0.361. The van der Waals surface area contributed by atoms with E-state index in [2.05, 4.69) is 30.6 Å². The molecule has 5 rings (SSSR count). The first kappa shape index (κ1) is 21.5. The molecular formula is C24H26N10. The first-order valence-corrected chi connectivity index (χ1v) is 11.3. The van der Waals surface area contributed by atoms with Gasteiger partial charge in [0.05, 0.1) is 0 Å². The van der Waals surface area contributed by atoms with Crippen molar-refractivity contribution in [3.63, 3.8) is 0 Å². The average molecular weight is 455 g/mol. The normalized spacial score (nSPS) is 17.8. The van der Waals surface area contributed by atoms with Crippen LogP contribution in [0.4, 0.5) is 35.2 Å². The zero-order valence-electron chi connectivity index (χ0n) is 18.6. The van der Waals surface area contributed by atoms with Gasteiger partial charge in [-0.3, -0.25) is 0 Å². The van der Waals surface area contributed by atoms with Crippen LogP contribution in [0, 0.1) is 0 Å². The third-order valence-electron chi connectivity index (χ3n) is 5.83. The minimum atomic E-state index is -0.0158. The second-order valence-electron chi connectivity index (χ2n) is 8.23. The maximum atomic E-state index is 5.87. The fourth-order valence-corrected chi connectivity index (χ4v) is 4.31. The molecule has 172 valence electrons. The molecule has 0 radical (unpaired) electrons. The molecule has 0 spiro atoms. The van der Waals surface area contributed by atoms with Gasteiger partial charge in [0, 0.05) is 23.2 Å². The third kappa shape index (κ3) is 5.01. The molecule has 1 aliphatic carbocycles. The first-order chi connectivity index (χ1) is 16.6. The summed E-state index contributed by atoms with van der Waals surface area (Å²) in [5, 5.41) is 6.60. The van der Waals surface area contributed by atoms with Crippen LogP contribution in [0.3, 0.4) is 0 Å². The molecule has 10 nitrogen and oxygen atoms in total. The van der Waals surface area contributed by atoms with Crippen LogP contribution in [-0.2, 0) is 0 Å². The standard InChI is InChI=1S/C24H26N10/c25-21-29-19(30-22(26)33-21)17-13-7-8-14-18(17)20-31-23(27-15-9-3-1-4-10-15)34-24(32-20)28-16-11-5-2-6-12-16/h1-6,9-12,17-18H,7-8,13-14H2,(H4,25,26,29,30,33)(H2,27,28,31,32,34). The summed E-state index contributed by atoms with van der Waals surface area (Å²) >= 11 is 0. The third-order valence-corrected chi connectivity index (χ3v) is 5.83. The number of nitrogens with zero attached hydrogens (tertiary/aromatic N) is 6. The van der Waals surface area contributed by atoms with Crippen LogP contribution in [0.15, 0.2) is 60.7 Å². The average Bonchev–Trinajstić information content (AvgIpc) is 2.84. The molecular weight excluding hydrogens is 428 g/mol. The Balaban J connectivity index is 1.53. The van der Waals surface area contributed by atoms with Gasteiger partial charge < -0.3 is 22.1 Å². The summed E-state index contributed by atoms with van der Waals surface area (Å²) in [6, 6.07) is 19.6. The largest absolute Gasteiger partial charge is 0.368 e. The number of hydrogen-bond donors (Lipinski definition) is 4. The number of benzene rings is 2. The lowest BCUT2D eigenvalue weighted by atomic mass is 9.78. The summed E-state index contributed by atoms with van der Waals surface area (Å²) in [5.74, 6) is 2.42. The van der Waals surface area contributed by atoms with Crippen LogP contribution < -0.4 is 22.1 Å².